The Hall–Kier alpha value is -4.51. The average molecular weight is 424 g/mol. The van der Waals surface area contributed by atoms with Crippen LogP contribution < -0.4 is 10.1 Å². The number of rotatable bonds is 5. The summed E-state index contributed by atoms with van der Waals surface area (Å²) in [5, 5.41) is 3.11. The highest BCUT2D eigenvalue weighted by Crippen LogP contribution is 2.39. The molecule has 4 aromatic rings. The molecule has 0 saturated heterocycles. The summed E-state index contributed by atoms with van der Waals surface area (Å²) in [5.41, 5.74) is 4.27. The molecule has 0 radical (unpaired) electrons. The molecule has 0 fully saturated rings. The summed E-state index contributed by atoms with van der Waals surface area (Å²) in [6.07, 6.45) is 9.08. The topological polar surface area (TPSA) is 69.2 Å². The van der Waals surface area contributed by atoms with Crippen molar-refractivity contribution in [1.82, 2.24) is 19.5 Å². The maximum atomic E-state index is 15.0. The van der Waals surface area contributed by atoms with Gasteiger partial charge in [0.25, 0.3) is 5.69 Å². The van der Waals surface area contributed by atoms with Gasteiger partial charge in [-0.05, 0) is 49.2 Å². The first kappa shape index (κ1) is 19.5. The van der Waals surface area contributed by atoms with Crippen molar-refractivity contribution < 1.29 is 9.13 Å². The summed E-state index contributed by atoms with van der Waals surface area (Å²) in [5.74, 6) is -0.171. The first-order valence-corrected chi connectivity index (χ1v) is 9.86. The summed E-state index contributed by atoms with van der Waals surface area (Å²) < 4.78 is 22.6. The Labute approximate surface area is 183 Å². The predicted octanol–water partition coefficient (Wildman–Crippen LogP) is 5.85. The van der Waals surface area contributed by atoms with E-state index >= 15 is 0 Å². The molecular formula is C24H17FN6O. The second-order valence-corrected chi connectivity index (χ2v) is 7.35. The largest absolute Gasteiger partial charge is 0.446 e. The Morgan fingerprint density at radius 1 is 1.16 bits per heavy atom. The van der Waals surface area contributed by atoms with Crippen LogP contribution in [0, 0.1) is 12.4 Å². The van der Waals surface area contributed by atoms with E-state index in [1.54, 1.807) is 18.6 Å². The van der Waals surface area contributed by atoms with Crippen LogP contribution in [0.15, 0.2) is 67.0 Å². The molecule has 8 heteroatoms. The fraction of sp³-hybridized carbons (Fsp3) is 0.0833. The Morgan fingerprint density at radius 2 is 2.00 bits per heavy atom. The molecule has 2 aromatic carbocycles. The van der Waals surface area contributed by atoms with Crippen LogP contribution in [0.3, 0.4) is 0 Å². The SMILES string of the molecule is [C-]#[N+]c1c(Nc2ccc(-n3ccnc3)cc2)ncnc1Oc1ccc2c(c1F)C=C(C)C2. The highest BCUT2D eigenvalue weighted by Gasteiger charge is 2.21. The molecule has 2 heterocycles. The molecule has 2 aromatic heterocycles. The van der Waals surface area contributed by atoms with Crippen LogP contribution in [-0.4, -0.2) is 19.5 Å². The fourth-order valence-electron chi connectivity index (χ4n) is 3.60. The van der Waals surface area contributed by atoms with Crippen LogP contribution in [0.5, 0.6) is 11.6 Å². The highest BCUT2D eigenvalue weighted by molar-refractivity contribution is 5.76. The molecule has 0 unspecified atom stereocenters. The third-order valence-corrected chi connectivity index (χ3v) is 5.13. The number of fused-ring (bicyclic) bond motifs is 1. The van der Waals surface area contributed by atoms with Crippen LogP contribution in [-0.2, 0) is 6.42 Å². The summed E-state index contributed by atoms with van der Waals surface area (Å²) in [6, 6.07) is 10.9. The first-order chi connectivity index (χ1) is 15.6. The van der Waals surface area contributed by atoms with E-state index in [-0.39, 0.29) is 23.1 Å². The molecule has 1 N–H and O–H groups in total. The number of hydrogen-bond donors (Lipinski definition) is 1. The average Bonchev–Trinajstić information content (AvgIpc) is 3.46. The minimum Gasteiger partial charge on any atom is -0.446 e. The van der Waals surface area contributed by atoms with E-state index in [1.807, 2.05) is 54.1 Å². The van der Waals surface area contributed by atoms with Gasteiger partial charge < -0.3 is 14.6 Å². The number of nitrogens with zero attached hydrogens (tertiary/aromatic N) is 5. The zero-order valence-corrected chi connectivity index (χ0v) is 17.1. The number of halogens is 1. The maximum Gasteiger partial charge on any atom is 0.288 e. The van der Waals surface area contributed by atoms with Crippen molar-refractivity contribution in [3.8, 4) is 17.3 Å². The lowest BCUT2D eigenvalue weighted by Gasteiger charge is -2.13. The van der Waals surface area contributed by atoms with Gasteiger partial charge in [0.1, 0.15) is 12.1 Å². The van der Waals surface area contributed by atoms with Gasteiger partial charge in [0, 0.05) is 29.3 Å². The molecule has 0 saturated carbocycles. The molecule has 1 aliphatic rings. The quantitative estimate of drug-likeness (QED) is 0.407. The Morgan fingerprint density at radius 3 is 2.75 bits per heavy atom. The standard InChI is InChI=1S/C24H17FN6O/c1-15-11-16-3-8-20(21(25)19(16)12-15)32-24-22(26-2)23(28-13-29-24)30-17-4-6-18(7-5-17)31-10-9-27-14-31/h3-10,12-14H,11H2,1H3,(H,28,29,30). The van der Waals surface area contributed by atoms with E-state index in [0.29, 0.717) is 5.56 Å². The molecule has 0 aliphatic heterocycles. The normalized spacial score (nSPS) is 12.1. The maximum absolute atomic E-state index is 15.0. The number of anilines is 2. The molecule has 5 rings (SSSR count). The number of hydrogen-bond acceptors (Lipinski definition) is 5. The number of aromatic nitrogens is 4. The van der Waals surface area contributed by atoms with Crippen molar-refractivity contribution in [2.45, 2.75) is 13.3 Å². The second kappa shape index (κ2) is 7.96. The van der Waals surface area contributed by atoms with Gasteiger partial charge in [-0.15, -0.1) is 0 Å². The molecule has 1 aliphatic carbocycles. The van der Waals surface area contributed by atoms with Crippen molar-refractivity contribution in [3.05, 3.63) is 95.4 Å². The van der Waals surface area contributed by atoms with Gasteiger partial charge in [-0.1, -0.05) is 17.7 Å². The Balaban J connectivity index is 1.42. The van der Waals surface area contributed by atoms with Crippen molar-refractivity contribution >= 4 is 23.3 Å². The summed E-state index contributed by atoms with van der Waals surface area (Å²) in [7, 11) is 0. The lowest BCUT2D eigenvalue weighted by Crippen LogP contribution is -1.99. The molecule has 0 bridgehead atoms. The number of ether oxygens (including phenoxy) is 1. The zero-order valence-electron chi connectivity index (χ0n) is 17.1. The molecular weight excluding hydrogens is 407 g/mol. The predicted molar refractivity (Wildman–Crippen MR) is 119 cm³/mol. The molecule has 32 heavy (non-hydrogen) atoms. The lowest BCUT2D eigenvalue weighted by molar-refractivity contribution is 0.428. The van der Waals surface area contributed by atoms with Crippen LogP contribution in [0.25, 0.3) is 16.6 Å². The van der Waals surface area contributed by atoms with Crippen molar-refractivity contribution in [2.75, 3.05) is 5.32 Å². The third kappa shape index (κ3) is 3.56. The van der Waals surface area contributed by atoms with Gasteiger partial charge in [-0.2, -0.15) is 0 Å². The Kier molecular flexibility index (Phi) is 4.84. The molecule has 0 amide bonds. The molecule has 156 valence electrons. The zero-order chi connectivity index (χ0) is 22.1. The van der Waals surface area contributed by atoms with E-state index in [4.69, 9.17) is 11.3 Å². The number of nitrogens with one attached hydrogen (secondary N) is 1. The fourth-order valence-corrected chi connectivity index (χ4v) is 3.60. The molecule has 0 spiro atoms. The van der Waals surface area contributed by atoms with Gasteiger partial charge in [-0.3, -0.25) is 0 Å². The van der Waals surface area contributed by atoms with Crippen molar-refractivity contribution in [2.24, 2.45) is 0 Å². The minimum atomic E-state index is -0.460. The number of imidazole rings is 1. The minimum absolute atomic E-state index is 0.00918. The molecule has 0 atom stereocenters. The summed E-state index contributed by atoms with van der Waals surface area (Å²) >= 11 is 0. The highest BCUT2D eigenvalue weighted by atomic mass is 19.1. The Bertz CT molecular complexity index is 1370. The van der Waals surface area contributed by atoms with Crippen LogP contribution in [0.4, 0.5) is 21.6 Å². The first-order valence-electron chi connectivity index (χ1n) is 9.86. The smallest absolute Gasteiger partial charge is 0.288 e. The summed E-state index contributed by atoms with van der Waals surface area (Å²) in [4.78, 5) is 15.8. The van der Waals surface area contributed by atoms with Crippen molar-refractivity contribution in [1.29, 1.82) is 0 Å². The van der Waals surface area contributed by atoms with Crippen molar-refractivity contribution in [3.63, 3.8) is 0 Å². The van der Waals surface area contributed by atoms with E-state index in [1.165, 1.54) is 6.33 Å². The van der Waals surface area contributed by atoms with E-state index in [9.17, 15) is 4.39 Å². The van der Waals surface area contributed by atoms with Gasteiger partial charge >= 0.3 is 0 Å². The lowest BCUT2D eigenvalue weighted by atomic mass is 10.1. The summed E-state index contributed by atoms with van der Waals surface area (Å²) in [6.45, 7) is 9.56. The van der Waals surface area contributed by atoms with E-state index < -0.39 is 5.82 Å². The van der Waals surface area contributed by atoms with E-state index in [0.717, 1.165) is 28.9 Å². The van der Waals surface area contributed by atoms with Crippen LogP contribution in [0.2, 0.25) is 0 Å². The van der Waals surface area contributed by atoms with Crippen LogP contribution >= 0.6 is 0 Å². The third-order valence-electron chi connectivity index (χ3n) is 5.13. The van der Waals surface area contributed by atoms with Gasteiger partial charge in [-0.25, -0.2) is 24.2 Å². The number of benzene rings is 2. The second-order valence-electron chi connectivity index (χ2n) is 7.35. The monoisotopic (exact) mass is 424 g/mol. The van der Waals surface area contributed by atoms with E-state index in [2.05, 4.69) is 25.1 Å². The van der Waals surface area contributed by atoms with Crippen LogP contribution in [0.1, 0.15) is 18.1 Å². The van der Waals surface area contributed by atoms with Gasteiger partial charge in [0.2, 0.25) is 5.88 Å². The number of allylic oxidation sites excluding steroid dienone is 1. The molecule has 7 nitrogen and oxygen atoms in total. The van der Waals surface area contributed by atoms with Gasteiger partial charge in [0.15, 0.2) is 11.6 Å². The van der Waals surface area contributed by atoms with Gasteiger partial charge in [0.05, 0.1) is 12.9 Å².